The van der Waals surface area contributed by atoms with E-state index in [2.05, 4.69) is 27.1 Å². The number of rotatable bonds is 2. The van der Waals surface area contributed by atoms with Crippen molar-refractivity contribution in [1.82, 2.24) is 29.4 Å². The van der Waals surface area contributed by atoms with E-state index in [9.17, 15) is 8.78 Å². The highest BCUT2D eigenvalue weighted by molar-refractivity contribution is 7.19. The van der Waals surface area contributed by atoms with Crippen LogP contribution in [0.1, 0.15) is 30.3 Å². The maximum absolute atomic E-state index is 12.7. The third kappa shape index (κ3) is 2.25. The molecular formula is C16H14F2N6S. The summed E-state index contributed by atoms with van der Waals surface area (Å²) in [7, 11) is 0. The summed E-state index contributed by atoms with van der Waals surface area (Å²) in [5, 5.41) is 9.27. The van der Waals surface area contributed by atoms with Crippen molar-refractivity contribution < 1.29 is 8.78 Å². The lowest BCUT2D eigenvalue weighted by molar-refractivity contribution is 0.0568. The fourth-order valence-corrected chi connectivity index (χ4v) is 4.76. The smallest absolute Gasteiger partial charge is 0.225 e. The summed E-state index contributed by atoms with van der Waals surface area (Å²) in [4.78, 5) is 11.4. The topological polar surface area (TPSA) is 60.9 Å². The molecule has 0 fully saturated rings. The number of nitrogens with zero attached hydrogens (tertiary/aromatic N) is 6. The first-order chi connectivity index (χ1) is 12.1. The molecule has 0 amide bonds. The van der Waals surface area contributed by atoms with Crippen molar-refractivity contribution in [2.75, 3.05) is 0 Å². The summed E-state index contributed by atoms with van der Waals surface area (Å²) in [6.45, 7) is -0.407. The minimum atomic E-state index is -2.68. The maximum atomic E-state index is 12.7. The van der Waals surface area contributed by atoms with Crippen LogP contribution in [0.4, 0.5) is 8.78 Å². The van der Waals surface area contributed by atoms with Gasteiger partial charge >= 0.3 is 6.55 Å². The summed E-state index contributed by atoms with van der Waals surface area (Å²) in [5.41, 5.74) is 2.36. The number of hydrogen-bond acceptors (Lipinski definition) is 5. The number of alkyl halides is 2. The van der Waals surface area contributed by atoms with Crippen LogP contribution in [-0.4, -0.2) is 29.4 Å². The molecule has 1 aliphatic carbocycles. The molecule has 9 heteroatoms. The van der Waals surface area contributed by atoms with Gasteiger partial charge in [0.25, 0.3) is 0 Å². The second-order valence-corrected chi connectivity index (χ2v) is 7.52. The lowest BCUT2D eigenvalue weighted by Gasteiger charge is -2.17. The average molecular weight is 360 g/mol. The van der Waals surface area contributed by atoms with Crippen LogP contribution in [0.2, 0.25) is 0 Å². The summed E-state index contributed by atoms with van der Waals surface area (Å²) in [6, 6.07) is 1.50. The lowest BCUT2D eigenvalue weighted by Crippen LogP contribution is -2.08. The first-order valence-electron chi connectivity index (χ1n) is 8.09. The van der Waals surface area contributed by atoms with Crippen molar-refractivity contribution in [3.05, 3.63) is 29.0 Å². The van der Waals surface area contributed by atoms with E-state index >= 15 is 0 Å². The van der Waals surface area contributed by atoms with Gasteiger partial charge in [0, 0.05) is 11.1 Å². The SMILES string of the molecule is CC1CCc2c(sc3ncn4nc(-c5ccn(C(F)F)n5)nc4c23)C1. The highest BCUT2D eigenvalue weighted by atomic mass is 32.1. The van der Waals surface area contributed by atoms with Gasteiger partial charge in [-0.1, -0.05) is 6.92 Å². The zero-order valence-electron chi connectivity index (χ0n) is 13.4. The van der Waals surface area contributed by atoms with E-state index in [4.69, 9.17) is 0 Å². The molecule has 0 N–H and O–H groups in total. The fourth-order valence-electron chi connectivity index (χ4n) is 3.41. The molecule has 0 radical (unpaired) electrons. The quantitative estimate of drug-likeness (QED) is 0.547. The van der Waals surface area contributed by atoms with Crippen LogP contribution in [0.15, 0.2) is 18.6 Å². The Hall–Kier alpha value is -2.42. The monoisotopic (exact) mass is 360 g/mol. The largest absolute Gasteiger partial charge is 0.333 e. The van der Waals surface area contributed by atoms with Crippen LogP contribution < -0.4 is 0 Å². The van der Waals surface area contributed by atoms with Crippen LogP contribution in [0.3, 0.4) is 0 Å². The van der Waals surface area contributed by atoms with E-state index in [1.807, 2.05) is 0 Å². The van der Waals surface area contributed by atoms with Crippen molar-refractivity contribution in [3.63, 3.8) is 0 Å². The van der Waals surface area contributed by atoms with Gasteiger partial charge in [-0.3, -0.25) is 0 Å². The van der Waals surface area contributed by atoms with Crippen LogP contribution >= 0.6 is 11.3 Å². The first-order valence-corrected chi connectivity index (χ1v) is 8.91. The Kier molecular flexibility index (Phi) is 3.15. The average Bonchev–Trinajstić information content (AvgIpc) is 3.29. The molecule has 0 saturated heterocycles. The summed E-state index contributed by atoms with van der Waals surface area (Å²) >= 11 is 1.72. The van der Waals surface area contributed by atoms with E-state index in [1.165, 1.54) is 22.7 Å². The number of fused-ring (bicyclic) bond motifs is 5. The molecule has 1 atom stereocenters. The molecule has 6 nitrogen and oxygen atoms in total. The minimum absolute atomic E-state index is 0.329. The first kappa shape index (κ1) is 14.9. The van der Waals surface area contributed by atoms with Crippen LogP contribution in [-0.2, 0) is 12.8 Å². The zero-order chi connectivity index (χ0) is 17.1. The summed E-state index contributed by atoms with van der Waals surface area (Å²) in [5.74, 6) is 1.01. The Morgan fingerprint density at radius 1 is 1.32 bits per heavy atom. The Morgan fingerprint density at radius 3 is 3.00 bits per heavy atom. The van der Waals surface area contributed by atoms with Crippen LogP contribution in [0.5, 0.6) is 0 Å². The highest BCUT2D eigenvalue weighted by Gasteiger charge is 2.24. The third-order valence-corrected chi connectivity index (χ3v) is 5.83. The molecule has 128 valence electrons. The predicted molar refractivity (Wildman–Crippen MR) is 89.8 cm³/mol. The van der Waals surface area contributed by atoms with Crippen LogP contribution in [0, 0.1) is 5.92 Å². The molecule has 0 bridgehead atoms. The molecule has 0 aromatic carbocycles. The van der Waals surface area contributed by atoms with E-state index in [-0.39, 0.29) is 0 Å². The number of aryl methyl sites for hydroxylation is 1. The second-order valence-electron chi connectivity index (χ2n) is 6.44. The lowest BCUT2D eigenvalue weighted by atomic mass is 9.89. The molecule has 5 rings (SSSR count). The summed E-state index contributed by atoms with van der Waals surface area (Å²) < 4.78 is 27.7. The molecule has 0 saturated carbocycles. The minimum Gasteiger partial charge on any atom is -0.225 e. The number of aromatic nitrogens is 6. The Morgan fingerprint density at radius 2 is 2.20 bits per heavy atom. The second kappa shape index (κ2) is 5.29. The molecule has 0 aliphatic heterocycles. The van der Waals surface area contributed by atoms with E-state index in [0.717, 1.165) is 35.1 Å². The molecule has 4 aromatic rings. The van der Waals surface area contributed by atoms with Crippen molar-refractivity contribution in [1.29, 1.82) is 0 Å². The van der Waals surface area contributed by atoms with Gasteiger partial charge in [0.2, 0.25) is 5.82 Å². The zero-order valence-corrected chi connectivity index (χ0v) is 14.2. The Labute approximate surface area is 145 Å². The van der Waals surface area contributed by atoms with Gasteiger partial charge in [-0.15, -0.1) is 16.4 Å². The van der Waals surface area contributed by atoms with Gasteiger partial charge in [-0.2, -0.15) is 13.9 Å². The third-order valence-electron chi connectivity index (χ3n) is 4.67. The number of thiophene rings is 1. The van der Waals surface area contributed by atoms with Crippen molar-refractivity contribution >= 4 is 27.2 Å². The molecule has 1 unspecified atom stereocenters. The molecule has 25 heavy (non-hydrogen) atoms. The van der Waals surface area contributed by atoms with Gasteiger partial charge in [-0.05, 0) is 36.8 Å². The van der Waals surface area contributed by atoms with Gasteiger partial charge in [-0.25, -0.2) is 19.2 Å². The van der Waals surface area contributed by atoms with Gasteiger partial charge in [0.1, 0.15) is 16.9 Å². The molecule has 4 heterocycles. The number of halogens is 2. The Balaban J connectivity index is 1.70. The normalized spacial score (nSPS) is 17.7. The summed E-state index contributed by atoms with van der Waals surface area (Å²) in [6.07, 6.45) is 6.10. The molecular weight excluding hydrogens is 346 g/mol. The van der Waals surface area contributed by atoms with Gasteiger partial charge in [0.05, 0.1) is 5.39 Å². The van der Waals surface area contributed by atoms with Gasteiger partial charge in [0.15, 0.2) is 5.65 Å². The van der Waals surface area contributed by atoms with Crippen molar-refractivity contribution in [2.24, 2.45) is 5.92 Å². The molecule has 0 spiro atoms. The molecule has 1 aliphatic rings. The Bertz CT molecular complexity index is 1100. The van der Waals surface area contributed by atoms with Gasteiger partial charge < -0.3 is 0 Å². The van der Waals surface area contributed by atoms with E-state index in [1.54, 1.807) is 22.2 Å². The van der Waals surface area contributed by atoms with Crippen LogP contribution in [0.25, 0.3) is 27.4 Å². The fraction of sp³-hybridized carbons (Fsp3) is 0.375. The highest BCUT2D eigenvalue weighted by Crippen LogP contribution is 2.38. The maximum Gasteiger partial charge on any atom is 0.333 e. The molecule has 4 aromatic heterocycles. The standard InChI is InChI=1S/C16H14F2N6S/c1-8-2-3-9-11(6-8)25-15-12(9)14-20-13(22-24(14)7-19-15)10-4-5-23(21-10)16(17)18/h4-5,7-8,16H,2-3,6H2,1H3. The predicted octanol–water partition coefficient (Wildman–Crippen LogP) is 3.72. The van der Waals surface area contributed by atoms with E-state index in [0.29, 0.717) is 22.1 Å². The van der Waals surface area contributed by atoms with E-state index < -0.39 is 6.55 Å². The van der Waals surface area contributed by atoms with Crippen molar-refractivity contribution in [3.8, 4) is 11.5 Å². The number of hydrogen-bond donors (Lipinski definition) is 0. The van der Waals surface area contributed by atoms with Crippen molar-refractivity contribution in [2.45, 2.75) is 32.7 Å².